The molecule has 1 amide bonds. The van der Waals surface area contributed by atoms with E-state index in [1.807, 2.05) is 12.1 Å². The molecule has 2 bridgehead atoms. The van der Waals surface area contributed by atoms with Crippen LogP contribution in [0.5, 0.6) is 0 Å². The molecule has 3 aliphatic rings. The van der Waals surface area contributed by atoms with Crippen molar-refractivity contribution in [3.63, 3.8) is 0 Å². The van der Waals surface area contributed by atoms with Gasteiger partial charge in [-0.05, 0) is 54.2 Å². The number of hydrogen-bond acceptors (Lipinski definition) is 4. The van der Waals surface area contributed by atoms with Crippen LogP contribution in [0.1, 0.15) is 31.2 Å². The molecule has 6 heteroatoms. The lowest BCUT2D eigenvalue weighted by Crippen LogP contribution is -2.65. The maximum Gasteiger partial charge on any atom is 0.419 e. The number of nitrogens with zero attached hydrogens (tertiary/aromatic N) is 2. The number of aryl methyl sites for hydroxylation is 1. The zero-order chi connectivity index (χ0) is 16.2. The van der Waals surface area contributed by atoms with Crippen molar-refractivity contribution in [1.82, 2.24) is 9.88 Å². The van der Waals surface area contributed by atoms with Crippen LogP contribution in [-0.2, 0) is 17.3 Å². The summed E-state index contributed by atoms with van der Waals surface area (Å²) in [4.78, 5) is 22.1. The van der Waals surface area contributed by atoms with E-state index in [-0.39, 0.29) is 16.6 Å². The molecule has 6 nitrogen and oxygen atoms in total. The first-order valence-electron chi connectivity index (χ1n) is 7.70. The second-order valence-electron chi connectivity index (χ2n) is 7.09. The van der Waals surface area contributed by atoms with Crippen molar-refractivity contribution in [2.45, 2.75) is 37.1 Å². The Hall–Kier alpha value is -2.55. The fourth-order valence-electron chi connectivity index (χ4n) is 4.63. The fourth-order valence-corrected chi connectivity index (χ4v) is 4.63. The van der Waals surface area contributed by atoms with Gasteiger partial charge in [0.05, 0.1) is 11.6 Å². The average molecular weight is 311 g/mol. The molecule has 0 spiro atoms. The molecule has 5 rings (SSSR count). The first-order valence-corrected chi connectivity index (χ1v) is 7.70. The minimum absolute atomic E-state index is 0.169. The zero-order valence-electron chi connectivity index (χ0n) is 12.8. The van der Waals surface area contributed by atoms with E-state index in [1.54, 1.807) is 7.05 Å². The summed E-state index contributed by atoms with van der Waals surface area (Å²) in [6.45, 7) is 0. The van der Waals surface area contributed by atoms with Crippen LogP contribution < -0.4 is 11.1 Å². The lowest BCUT2D eigenvalue weighted by Gasteiger charge is -2.72. The van der Waals surface area contributed by atoms with Crippen molar-refractivity contribution in [2.24, 2.45) is 12.5 Å². The number of carbonyl (C=O) groups is 1. The van der Waals surface area contributed by atoms with E-state index in [0.717, 1.165) is 31.2 Å². The molecule has 1 atom stereocenters. The maximum atomic E-state index is 11.6. The number of nitriles is 1. The minimum atomic E-state index is -0.400. The van der Waals surface area contributed by atoms with E-state index in [1.165, 1.54) is 10.1 Å². The average Bonchev–Trinajstić information content (AvgIpc) is 2.75. The standard InChI is InChI=1S/C17H17N3O3/c1-20-13-4-11(2-3-14(13)23-15(20)22)17-7-16(8-17,9-17)5-12(6-18)19-10-21/h2-4,10,12H,5,7-9H2,1H3,(H,19,21). The third-order valence-corrected chi connectivity index (χ3v) is 5.61. The smallest absolute Gasteiger partial charge is 0.408 e. The molecule has 118 valence electrons. The van der Waals surface area contributed by atoms with E-state index in [9.17, 15) is 9.59 Å². The van der Waals surface area contributed by atoms with Gasteiger partial charge in [0.15, 0.2) is 5.58 Å². The van der Waals surface area contributed by atoms with Gasteiger partial charge in [-0.15, -0.1) is 0 Å². The van der Waals surface area contributed by atoms with Crippen LogP contribution in [0.4, 0.5) is 0 Å². The number of benzene rings is 1. The van der Waals surface area contributed by atoms with Crippen LogP contribution in [-0.4, -0.2) is 17.0 Å². The molecule has 0 aliphatic heterocycles. The molecule has 0 saturated heterocycles. The van der Waals surface area contributed by atoms with Gasteiger partial charge in [0.2, 0.25) is 6.41 Å². The van der Waals surface area contributed by atoms with Crippen LogP contribution in [0.15, 0.2) is 27.4 Å². The first-order chi connectivity index (χ1) is 11.0. The molecule has 2 aromatic rings. The molecule has 0 radical (unpaired) electrons. The molecule has 3 saturated carbocycles. The Morgan fingerprint density at radius 1 is 1.48 bits per heavy atom. The highest BCUT2D eigenvalue weighted by atomic mass is 16.4. The molecule has 1 N–H and O–H groups in total. The Morgan fingerprint density at radius 2 is 2.22 bits per heavy atom. The third-order valence-electron chi connectivity index (χ3n) is 5.61. The van der Waals surface area contributed by atoms with Gasteiger partial charge in [-0.1, -0.05) is 6.07 Å². The van der Waals surface area contributed by atoms with Crippen molar-refractivity contribution in [1.29, 1.82) is 5.26 Å². The van der Waals surface area contributed by atoms with E-state index in [0.29, 0.717) is 12.0 Å². The van der Waals surface area contributed by atoms with Crippen molar-refractivity contribution in [3.05, 3.63) is 34.3 Å². The Labute approximate surface area is 132 Å². The number of hydrogen-bond donors (Lipinski definition) is 1. The van der Waals surface area contributed by atoms with Crippen LogP contribution in [0.3, 0.4) is 0 Å². The Balaban J connectivity index is 1.54. The highest BCUT2D eigenvalue weighted by Crippen LogP contribution is 2.75. The summed E-state index contributed by atoms with van der Waals surface area (Å²) in [5.41, 5.74) is 3.03. The van der Waals surface area contributed by atoms with Gasteiger partial charge in [-0.2, -0.15) is 5.26 Å². The maximum absolute atomic E-state index is 11.6. The highest BCUT2D eigenvalue weighted by Gasteiger charge is 2.68. The summed E-state index contributed by atoms with van der Waals surface area (Å²) >= 11 is 0. The lowest BCUT2D eigenvalue weighted by atomic mass is 9.32. The minimum Gasteiger partial charge on any atom is -0.408 e. The van der Waals surface area contributed by atoms with Gasteiger partial charge in [-0.25, -0.2) is 4.79 Å². The summed E-state index contributed by atoms with van der Waals surface area (Å²) in [5.74, 6) is -0.344. The number of nitrogens with one attached hydrogen (secondary N) is 1. The van der Waals surface area contributed by atoms with E-state index in [2.05, 4.69) is 17.5 Å². The summed E-state index contributed by atoms with van der Waals surface area (Å²) in [7, 11) is 1.71. The largest absolute Gasteiger partial charge is 0.419 e. The Morgan fingerprint density at radius 3 is 2.87 bits per heavy atom. The van der Waals surface area contributed by atoms with Gasteiger partial charge in [0.25, 0.3) is 0 Å². The van der Waals surface area contributed by atoms with Crippen LogP contribution >= 0.6 is 0 Å². The molecule has 3 aliphatic carbocycles. The molecular formula is C17H17N3O3. The van der Waals surface area contributed by atoms with Crippen molar-refractivity contribution in [3.8, 4) is 6.07 Å². The van der Waals surface area contributed by atoms with E-state index < -0.39 is 6.04 Å². The van der Waals surface area contributed by atoms with Crippen LogP contribution in [0, 0.1) is 16.7 Å². The molecule has 1 unspecified atom stereocenters. The van der Waals surface area contributed by atoms with Crippen molar-refractivity contribution >= 4 is 17.5 Å². The number of carbonyl (C=O) groups excluding carboxylic acids is 1. The molecule has 23 heavy (non-hydrogen) atoms. The number of fused-ring (bicyclic) bond motifs is 1. The predicted octanol–water partition coefficient (Wildman–Crippen LogP) is 1.58. The normalized spacial score (nSPS) is 29.2. The Kier molecular flexibility index (Phi) is 2.74. The second-order valence-corrected chi connectivity index (χ2v) is 7.09. The lowest BCUT2D eigenvalue weighted by molar-refractivity contribution is -0.149. The van der Waals surface area contributed by atoms with Crippen molar-refractivity contribution in [2.75, 3.05) is 0 Å². The molecule has 1 heterocycles. The first kappa shape index (κ1) is 14.1. The summed E-state index contributed by atoms with van der Waals surface area (Å²) in [6, 6.07) is 7.70. The summed E-state index contributed by atoms with van der Waals surface area (Å²) in [6.07, 6.45) is 4.43. The zero-order valence-corrected chi connectivity index (χ0v) is 12.8. The van der Waals surface area contributed by atoms with Gasteiger partial charge in [0, 0.05) is 7.05 Å². The van der Waals surface area contributed by atoms with Gasteiger partial charge < -0.3 is 9.73 Å². The quantitative estimate of drug-likeness (QED) is 0.849. The molecule has 3 fully saturated rings. The third kappa shape index (κ3) is 1.86. The monoisotopic (exact) mass is 311 g/mol. The number of aromatic nitrogens is 1. The summed E-state index contributed by atoms with van der Waals surface area (Å²) in [5, 5.41) is 11.7. The van der Waals surface area contributed by atoms with E-state index in [4.69, 9.17) is 9.68 Å². The van der Waals surface area contributed by atoms with Gasteiger partial charge in [-0.3, -0.25) is 9.36 Å². The topological polar surface area (TPSA) is 88.0 Å². The Bertz CT molecular complexity index is 882. The van der Waals surface area contributed by atoms with Crippen LogP contribution in [0.2, 0.25) is 0 Å². The predicted molar refractivity (Wildman–Crippen MR) is 82.6 cm³/mol. The number of rotatable bonds is 5. The number of oxazole rings is 1. The van der Waals surface area contributed by atoms with Crippen LogP contribution in [0.25, 0.3) is 11.1 Å². The fraction of sp³-hybridized carbons (Fsp3) is 0.471. The molecule has 1 aromatic carbocycles. The van der Waals surface area contributed by atoms with Gasteiger partial charge in [0.1, 0.15) is 6.04 Å². The van der Waals surface area contributed by atoms with E-state index >= 15 is 0 Å². The number of amides is 1. The SMILES string of the molecule is Cn1c(=O)oc2ccc(C34CC(CC(C#N)NC=O)(C3)C4)cc21. The highest BCUT2D eigenvalue weighted by molar-refractivity contribution is 5.74. The second kappa shape index (κ2) is 4.48. The summed E-state index contributed by atoms with van der Waals surface area (Å²) < 4.78 is 6.70. The van der Waals surface area contributed by atoms with Crippen molar-refractivity contribution < 1.29 is 9.21 Å². The molecular weight excluding hydrogens is 294 g/mol. The molecule has 1 aromatic heterocycles. The van der Waals surface area contributed by atoms with Gasteiger partial charge >= 0.3 is 5.76 Å².